The lowest BCUT2D eigenvalue weighted by Crippen LogP contribution is -2.11. The highest BCUT2D eigenvalue weighted by molar-refractivity contribution is 7.26. The van der Waals surface area contributed by atoms with Crippen molar-refractivity contribution in [1.82, 2.24) is 4.57 Å². The van der Waals surface area contributed by atoms with Gasteiger partial charge in [0.15, 0.2) is 0 Å². The summed E-state index contributed by atoms with van der Waals surface area (Å²) in [6.45, 7) is 0. The molecule has 0 fully saturated rings. The Hall–Kier alpha value is -6.94. The molecule has 11 aromatic rings. The van der Waals surface area contributed by atoms with Crippen molar-refractivity contribution in [3.63, 3.8) is 0 Å². The standard InChI is InChI=1S/C52H34N2S/c1-2-15-35(16-3-1)36-29-31-38(32-30-36)53(49-26-14-28-51-52(49)44-22-9-13-27-50(44)55-51)48-25-12-8-21-43(48)45-34-39(33-37-17-4-5-18-40(37)45)54-46-23-10-6-19-41(46)42-20-7-11-24-47(42)54/h1-34H. The van der Waals surface area contributed by atoms with E-state index in [9.17, 15) is 0 Å². The van der Waals surface area contributed by atoms with Gasteiger partial charge in [-0.2, -0.15) is 0 Å². The van der Waals surface area contributed by atoms with Crippen LogP contribution in [0.1, 0.15) is 0 Å². The Labute approximate surface area is 323 Å². The molecular weight excluding hydrogens is 685 g/mol. The Balaban J connectivity index is 1.19. The number of para-hydroxylation sites is 3. The van der Waals surface area contributed by atoms with Crippen molar-refractivity contribution in [3.8, 4) is 27.9 Å². The summed E-state index contributed by atoms with van der Waals surface area (Å²) < 4.78 is 5.00. The van der Waals surface area contributed by atoms with Crippen LogP contribution < -0.4 is 4.90 Å². The molecule has 0 bridgehead atoms. The van der Waals surface area contributed by atoms with Crippen molar-refractivity contribution in [2.75, 3.05) is 4.90 Å². The first-order chi connectivity index (χ1) is 27.3. The van der Waals surface area contributed by atoms with E-state index >= 15 is 0 Å². The van der Waals surface area contributed by atoms with Crippen LogP contribution in [0.5, 0.6) is 0 Å². The number of hydrogen-bond donors (Lipinski definition) is 0. The average molecular weight is 719 g/mol. The van der Waals surface area contributed by atoms with Crippen molar-refractivity contribution in [1.29, 1.82) is 0 Å². The zero-order valence-electron chi connectivity index (χ0n) is 29.9. The number of rotatable bonds is 6. The molecule has 0 spiro atoms. The van der Waals surface area contributed by atoms with Gasteiger partial charge in [-0.15, -0.1) is 11.3 Å². The van der Waals surface area contributed by atoms with Crippen molar-refractivity contribution in [2.24, 2.45) is 0 Å². The Morgan fingerprint density at radius 3 is 1.75 bits per heavy atom. The molecule has 0 atom stereocenters. The second-order valence-corrected chi connectivity index (χ2v) is 15.2. The maximum absolute atomic E-state index is 2.48. The van der Waals surface area contributed by atoms with Gasteiger partial charge in [0, 0.05) is 47.9 Å². The summed E-state index contributed by atoms with van der Waals surface area (Å²) in [7, 11) is 0. The molecule has 2 aromatic heterocycles. The number of fused-ring (bicyclic) bond motifs is 7. The van der Waals surface area contributed by atoms with Crippen molar-refractivity contribution < 1.29 is 0 Å². The smallest absolute Gasteiger partial charge is 0.0555 e. The fourth-order valence-electron chi connectivity index (χ4n) is 8.53. The van der Waals surface area contributed by atoms with E-state index in [1.807, 2.05) is 11.3 Å². The molecule has 0 radical (unpaired) electrons. The van der Waals surface area contributed by atoms with E-state index in [1.54, 1.807) is 0 Å². The zero-order valence-corrected chi connectivity index (χ0v) is 30.7. The summed E-state index contributed by atoms with van der Waals surface area (Å²) in [6, 6.07) is 75.3. The Morgan fingerprint density at radius 1 is 0.382 bits per heavy atom. The molecule has 0 aliphatic carbocycles. The number of nitrogens with zero attached hydrogens (tertiary/aromatic N) is 2. The molecule has 0 saturated carbocycles. The topological polar surface area (TPSA) is 8.17 Å². The first-order valence-electron chi connectivity index (χ1n) is 18.8. The molecule has 11 rings (SSSR count). The van der Waals surface area contributed by atoms with Gasteiger partial charge in [0.1, 0.15) is 0 Å². The molecule has 0 unspecified atom stereocenters. The van der Waals surface area contributed by atoms with E-state index in [1.165, 1.54) is 75.0 Å². The van der Waals surface area contributed by atoms with E-state index in [4.69, 9.17) is 0 Å². The summed E-state index contributed by atoms with van der Waals surface area (Å²) in [5, 5.41) is 7.49. The minimum absolute atomic E-state index is 1.11. The number of aromatic nitrogens is 1. The lowest BCUT2D eigenvalue weighted by Gasteiger charge is -2.29. The van der Waals surface area contributed by atoms with Crippen LogP contribution in [0.3, 0.4) is 0 Å². The van der Waals surface area contributed by atoms with Crippen LogP contribution in [-0.4, -0.2) is 4.57 Å². The van der Waals surface area contributed by atoms with E-state index < -0.39 is 0 Å². The van der Waals surface area contributed by atoms with Crippen LogP contribution in [0.4, 0.5) is 17.1 Å². The molecule has 2 nitrogen and oxygen atoms in total. The van der Waals surface area contributed by atoms with Gasteiger partial charge in [0.2, 0.25) is 0 Å². The molecule has 0 aliphatic heterocycles. The highest BCUT2D eigenvalue weighted by Gasteiger charge is 2.23. The Morgan fingerprint density at radius 2 is 0.964 bits per heavy atom. The molecule has 9 aromatic carbocycles. The second kappa shape index (κ2) is 12.9. The third kappa shape index (κ3) is 5.16. The summed E-state index contributed by atoms with van der Waals surface area (Å²) in [6.07, 6.45) is 0. The van der Waals surface area contributed by atoms with E-state index in [0.29, 0.717) is 0 Å². The van der Waals surface area contributed by atoms with Gasteiger partial charge >= 0.3 is 0 Å². The third-order valence-electron chi connectivity index (χ3n) is 11.0. The van der Waals surface area contributed by atoms with Crippen molar-refractivity contribution in [2.45, 2.75) is 0 Å². The molecule has 0 N–H and O–H groups in total. The quantitative estimate of drug-likeness (QED) is 0.166. The van der Waals surface area contributed by atoms with Crippen LogP contribution in [0, 0.1) is 0 Å². The van der Waals surface area contributed by atoms with E-state index in [-0.39, 0.29) is 0 Å². The molecular formula is C52H34N2S. The minimum Gasteiger partial charge on any atom is -0.309 e. The maximum Gasteiger partial charge on any atom is 0.0555 e. The Kier molecular flexibility index (Phi) is 7.39. The predicted molar refractivity (Wildman–Crippen MR) is 237 cm³/mol. The van der Waals surface area contributed by atoms with E-state index in [2.05, 4.69) is 216 Å². The summed E-state index contributed by atoms with van der Waals surface area (Å²) in [5.74, 6) is 0. The predicted octanol–water partition coefficient (Wildman–Crippen LogP) is 15.1. The normalized spacial score (nSPS) is 11.6. The largest absolute Gasteiger partial charge is 0.309 e. The molecule has 2 heterocycles. The molecule has 258 valence electrons. The van der Waals surface area contributed by atoms with Crippen LogP contribution >= 0.6 is 11.3 Å². The molecule has 3 heteroatoms. The summed E-state index contributed by atoms with van der Waals surface area (Å²) in [5.41, 5.74) is 11.7. The molecule has 0 amide bonds. The molecule has 0 aliphatic rings. The lowest BCUT2D eigenvalue weighted by molar-refractivity contribution is 1.19. The van der Waals surface area contributed by atoms with Crippen molar-refractivity contribution >= 4 is 81.1 Å². The van der Waals surface area contributed by atoms with Gasteiger partial charge in [-0.25, -0.2) is 0 Å². The van der Waals surface area contributed by atoms with Crippen LogP contribution in [0.15, 0.2) is 206 Å². The SMILES string of the molecule is c1ccc(-c2ccc(N(c3ccccc3-c3cc(-n4c5ccccc5c5ccccc54)cc4ccccc34)c3cccc4sc5ccccc5c34)cc2)cc1. The number of hydrogen-bond acceptors (Lipinski definition) is 2. The lowest BCUT2D eigenvalue weighted by atomic mass is 9.94. The zero-order chi connectivity index (χ0) is 36.3. The number of thiophene rings is 1. The van der Waals surface area contributed by atoms with Gasteiger partial charge in [-0.1, -0.05) is 146 Å². The third-order valence-corrected chi connectivity index (χ3v) is 12.1. The second-order valence-electron chi connectivity index (χ2n) is 14.1. The van der Waals surface area contributed by atoms with Gasteiger partial charge in [0.25, 0.3) is 0 Å². The summed E-state index contributed by atoms with van der Waals surface area (Å²) in [4.78, 5) is 2.48. The maximum atomic E-state index is 2.48. The minimum atomic E-state index is 1.11. The van der Waals surface area contributed by atoms with Crippen LogP contribution in [0.25, 0.3) is 80.7 Å². The van der Waals surface area contributed by atoms with Crippen LogP contribution in [0.2, 0.25) is 0 Å². The highest BCUT2D eigenvalue weighted by Crippen LogP contribution is 2.48. The number of anilines is 3. The van der Waals surface area contributed by atoms with Gasteiger partial charge in [-0.3, -0.25) is 0 Å². The number of benzene rings is 9. The van der Waals surface area contributed by atoms with Crippen molar-refractivity contribution in [3.05, 3.63) is 206 Å². The molecule has 55 heavy (non-hydrogen) atoms. The van der Waals surface area contributed by atoms with Gasteiger partial charge in [0.05, 0.1) is 22.4 Å². The average Bonchev–Trinajstić information content (AvgIpc) is 3.81. The fraction of sp³-hybridized carbons (Fsp3) is 0. The first-order valence-corrected chi connectivity index (χ1v) is 19.6. The van der Waals surface area contributed by atoms with Gasteiger partial charge < -0.3 is 9.47 Å². The van der Waals surface area contributed by atoms with Gasteiger partial charge in [-0.05, 0) is 88.1 Å². The van der Waals surface area contributed by atoms with E-state index in [0.717, 1.165) is 22.7 Å². The first kappa shape index (κ1) is 31.6. The highest BCUT2D eigenvalue weighted by atomic mass is 32.1. The fourth-order valence-corrected chi connectivity index (χ4v) is 9.65. The Bertz CT molecular complexity index is 3150. The van der Waals surface area contributed by atoms with Crippen LogP contribution in [-0.2, 0) is 0 Å². The monoisotopic (exact) mass is 718 g/mol. The molecule has 0 saturated heterocycles. The summed E-state index contributed by atoms with van der Waals surface area (Å²) >= 11 is 1.86.